The highest BCUT2D eigenvalue weighted by Gasteiger charge is 2.37. The van der Waals surface area contributed by atoms with Crippen molar-refractivity contribution in [3.63, 3.8) is 0 Å². The van der Waals surface area contributed by atoms with Crippen LogP contribution in [0.2, 0.25) is 0 Å². The zero-order chi connectivity index (χ0) is 13.1. The molecule has 0 radical (unpaired) electrons. The van der Waals surface area contributed by atoms with Crippen LogP contribution < -0.4 is 5.32 Å². The first-order valence-electron chi connectivity index (χ1n) is 5.27. The Bertz CT molecular complexity index is 423. The number of esters is 1. The van der Waals surface area contributed by atoms with Crippen molar-refractivity contribution < 1.29 is 18.3 Å². The summed E-state index contributed by atoms with van der Waals surface area (Å²) in [7, 11) is 1.49. The van der Waals surface area contributed by atoms with Crippen LogP contribution in [-0.4, -0.2) is 19.6 Å². The van der Waals surface area contributed by atoms with Crippen LogP contribution in [-0.2, 0) is 15.1 Å². The summed E-state index contributed by atoms with van der Waals surface area (Å²) in [4.78, 5) is 11.8. The monoisotopic (exact) mass is 243 g/mol. The van der Waals surface area contributed by atoms with Gasteiger partial charge in [0.2, 0.25) is 0 Å². The van der Waals surface area contributed by atoms with Crippen LogP contribution in [0.15, 0.2) is 18.2 Å². The smallest absolute Gasteiger partial charge is 0.330 e. The molecule has 0 saturated heterocycles. The Morgan fingerprint density at radius 2 is 2.12 bits per heavy atom. The third-order valence-corrected chi connectivity index (χ3v) is 2.65. The van der Waals surface area contributed by atoms with E-state index in [1.807, 2.05) is 0 Å². The molecule has 1 atom stereocenters. The predicted octanol–water partition coefficient (Wildman–Crippen LogP) is 1.96. The van der Waals surface area contributed by atoms with Gasteiger partial charge < -0.3 is 10.1 Å². The second-order valence-corrected chi connectivity index (χ2v) is 3.72. The Labute approximate surface area is 98.8 Å². The molecular formula is C12H15F2NO2. The number of nitrogens with one attached hydrogen (secondary N) is 1. The standard InChI is InChI=1S/C12H15F2NO2/c1-4-17-11(16)12(2,15-3)9-7-8(13)5-6-10(9)14/h5-7,15H,4H2,1-3H3. The van der Waals surface area contributed by atoms with E-state index in [1.165, 1.54) is 14.0 Å². The highest BCUT2D eigenvalue weighted by Crippen LogP contribution is 2.25. The Hall–Kier alpha value is -1.49. The summed E-state index contributed by atoms with van der Waals surface area (Å²) in [5.41, 5.74) is -1.47. The van der Waals surface area contributed by atoms with Gasteiger partial charge in [0.25, 0.3) is 0 Å². The maximum Gasteiger partial charge on any atom is 0.330 e. The number of hydrogen-bond acceptors (Lipinski definition) is 3. The molecule has 1 unspecified atom stereocenters. The van der Waals surface area contributed by atoms with Crippen LogP contribution in [0.5, 0.6) is 0 Å². The lowest BCUT2D eigenvalue weighted by Gasteiger charge is -2.27. The molecule has 0 aromatic heterocycles. The van der Waals surface area contributed by atoms with Crippen LogP contribution in [0, 0.1) is 11.6 Å². The molecule has 0 saturated carbocycles. The van der Waals surface area contributed by atoms with Gasteiger partial charge in [0, 0.05) is 5.56 Å². The Morgan fingerprint density at radius 1 is 1.47 bits per heavy atom. The predicted molar refractivity (Wildman–Crippen MR) is 59.4 cm³/mol. The SMILES string of the molecule is CCOC(=O)C(C)(NC)c1cc(F)ccc1F. The van der Waals surface area contributed by atoms with Gasteiger partial charge in [-0.1, -0.05) is 0 Å². The third-order valence-electron chi connectivity index (χ3n) is 2.65. The molecule has 1 aromatic carbocycles. The van der Waals surface area contributed by atoms with Crippen molar-refractivity contribution in [3.05, 3.63) is 35.4 Å². The number of hydrogen-bond donors (Lipinski definition) is 1. The summed E-state index contributed by atoms with van der Waals surface area (Å²) < 4.78 is 31.6. The van der Waals surface area contributed by atoms with E-state index in [9.17, 15) is 13.6 Å². The number of likely N-dealkylation sites (N-methyl/N-ethyl adjacent to an activating group) is 1. The van der Waals surface area contributed by atoms with Crippen molar-refractivity contribution in [2.75, 3.05) is 13.7 Å². The average molecular weight is 243 g/mol. The molecule has 0 spiro atoms. The molecular weight excluding hydrogens is 228 g/mol. The second-order valence-electron chi connectivity index (χ2n) is 3.72. The first-order chi connectivity index (χ1) is 7.95. The summed E-state index contributed by atoms with van der Waals surface area (Å²) in [6.07, 6.45) is 0. The van der Waals surface area contributed by atoms with Gasteiger partial charge in [-0.3, -0.25) is 0 Å². The van der Waals surface area contributed by atoms with E-state index in [2.05, 4.69) is 5.32 Å². The summed E-state index contributed by atoms with van der Waals surface area (Å²) in [5, 5.41) is 2.67. The molecule has 1 N–H and O–H groups in total. The zero-order valence-corrected chi connectivity index (χ0v) is 10.0. The van der Waals surface area contributed by atoms with Crippen molar-refractivity contribution in [3.8, 4) is 0 Å². The van der Waals surface area contributed by atoms with Crippen molar-refractivity contribution in [2.24, 2.45) is 0 Å². The van der Waals surface area contributed by atoms with Crippen LogP contribution in [0.4, 0.5) is 8.78 Å². The van der Waals surface area contributed by atoms with E-state index in [4.69, 9.17) is 4.74 Å². The maximum absolute atomic E-state index is 13.6. The van der Waals surface area contributed by atoms with E-state index in [-0.39, 0.29) is 12.2 Å². The van der Waals surface area contributed by atoms with Gasteiger partial charge in [-0.25, -0.2) is 13.6 Å². The fraction of sp³-hybridized carbons (Fsp3) is 0.417. The zero-order valence-electron chi connectivity index (χ0n) is 10.0. The normalized spacial score (nSPS) is 14.2. The van der Waals surface area contributed by atoms with Crippen molar-refractivity contribution in [1.29, 1.82) is 0 Å². The van der Waals surface area contributed by atoms with Crippen LogP contribution in [0.1, 0.15) is 19.4 Å². The number of rotatable bonds is 4. The minimum atomic E-state index is -1.40. The van der Waals surface area contributed by atoms with E-state index >= 15 is 0 Å². The van der Waals surface area contributed by atoms with Gasteiger partial charge in [-0.15, -0.1) is 0 Å². The van der Waals surface area contributed by atoms with Crippen molar-refractivity contribution >= 4 is 5.97 Å². The van der Waals surface area contributed by atoms with Gasteiger partial charge in [0.05, 0.1) is 6.61 Å². The van der Waals surface area contributed by atoms with Gasteiger partial charge in [0.15, 0.2) is 0 Å². The van der Waals surface area contributed by atoms with Gasteiger partial charge in [0.1, 0.15) is 17.2 Å². The van der Waals surface area contributed by atoms with E-state index in [0.717, 1.165) is 18.2 Å². The second kappa shape index (κ2) is 5.23. The molecule has 3 nitrogen and oxygen atoms in total. The molecule has 94 valence electrons. The number of carbonyl (C=O) groups excluding carboxylic acids is 1. The van der Waals surface area contributed by atoms with Crippen LogP contribution in [0.25, 0.3) is 0 Å². The van der Waals surface area contributed by atoms with E-state index < -0.39 is 23.1 Å². The number of benzene rings is 1. The van der Waals surface area contributed by atoms with Crippen molar-refractivity contribution in [1.82, 2.24) is 5.32 Å². The van der Waals surface area contributed by atoms with E-state index in [1.54, 1.807) is 6.92 Å². The number of halogens is 2. The third kappa shape index (κ3) is 2.61. The topological polar surface area (TPSA) is 38.3 Å². The molecule has 17 heavy (non-hydrogen) atoms. The molecule has 0 fully saturated rings. The molecule has 0 aliphatic carbocycles. The minimum Gasteiger partial charge on any atom is -0.464 e. The maximum atomic E-state index is 13.6. The summed E-state index contributed by atoms with van der Waals surface area (Å²) in [6.45, 7) is 3.27. The lowest BCUT2D eigenvalue weighted by molar-refractivity contribution is -0.150. The Morgan fingerprint density at radius 3 is 2.65 bits per heavy atom. The fourth-order valence-corrected chi connectivity index (χ4v) is 1.50. The van der Waals surface area contributed by atoms with Gasteiger partial charge >= 0.3 is 5.97 Å². The highest BCUT2D eigenvalue weighted by molar-refractivity contribution is 5.82. The molecule has 1 rings (SSSR count). The van der Waals surface area contributed by atoms with Crippen LogP contribution in [0.3, 0.4) is 0 Å². The lowest BCUT2D eigenvalue weighted by atomic mass is 9.91. The Balaban J connectivity index is 3.24. The first kappa shape index (κ1) is 13.6. The quantitative estimate of drug-likeness (QED) is 0.821. The lowest BCUT2D eigenvalue weighted by Crippen LogP contribution is -2.46. The average Bonchev–Trinajstić information content (AvgIpc) is 2.31. The highest BCUT2D eigenvalue weighted by atomic mass is 19.1. The number of ether oxygens (including phenoxy) is 1. The molecule has 0 amide bonds. The molecule has 5 heteroatoms. The molecule has 0 aliphatic heterocycles. The molecule has 1 aromatic rings. The van der Waals surface area contributed by atoms with Crippen molar-refractivity contribution in [2.45, 2.75) is 19.4 Å². The largest absolute Gasteiger partial charge is 0.464 e. The molecule has 0 bridgehead atoms. The Kier molecular flexibility index (Phi) is 4.17. The summed E-state index contributed by atoms with van der Waals surface area (Å²) in [5.74, 6) is -1.91. The van der Waals surface area contributed by atoms with Gasteiger partial charge in [-0.2, -0.15) is 0 Å². The van der Waals surface area contributed by atoms with E-state index in [0.29, 0.717) is 0 Å². The fourth-order valence-electron chi connectivity index (χ4n) is 1.50. The van der Waals surface area contributed by atoms with Gasteiger partial charge in [-0.05, 0) is 39.1 Å². The minimum absolute atomic E-state index is 0.0709. The molecule has 0 heterocycles. The number of carbonyl (C=O) groups is 1. The summed E-state index contributed by atoms with van der Waals surface area (Å²) >= 11 is 0. The molecule has 0 aliphatic rings. The van der Waals surface area contributed by atoms with Crippen LogP contribution >= 0.6 is 0 Å². The first-order valence-corrected chi connectivity index (χ1v) is 5.27. The summed E-state index contributed by atoms with van der Waals surface area (Å²) in [6, 6.07) is 2.97.